The molecule has 1 aromatic carbocycles. The lowest BCUT2D eigenvalue weighted by molar-refractivity contribution is -0.137. The molecule has 7 nitrogen and oxygen atoms in total. The summed E-state index contributed by atoms with van der Waals surface area (Å²) in [7, 11) is -3.73. The van der Waals surface area contributed by atoms with E-state index in [9.17, 15) is 26.4 Å². The topological polar surface area (TPSA) is 95.2 Å². The van der Waals surface area contributed by atoms with E-state index in [0.717, 1.165) is 12.1 Å². The fourth-order valence-corrected chi connectivity index (χ4v) is 5.28. The average Bonchev–Trinajstić information content (AvgIpc) is 3.00. The third-order valence-corrected chi connectivity index (χ3v) is 7.09. The van der Waals surface area contributed by atoms with E-state index < -0.39 is 39.3 Å². The van der Waals surface area contributed by atoms with Gasteiger partial charge in [0.2, 0.25) is 10.0 Å². The smallest absolute Gasteiger partial charge is 0.349 e. The molecule has 3 rings (SSSR count). The predicted octanol–water partition coefficient (Wildman–Crippen LogP) is 2.63. The highest BCUT2D eigenvalue weighted by molar-refractivity contribution is 7.89. The fourth-order valence-electron chi connectivity index (χ4n) is 3.48. The van der Waals surface area contributed by atoms with Gasteiger partial charge in [0, 0.05) is 19.1 Å². The zero-order chi connectivity index (χ0) is 21.4. The average molecular weight is 430 g/mol. The number of amides is 1. The standard InChI is InChI=1S/C18H21F3N4O3S/c1-11-16(12(2)24-23-11)29(27,28)25-9-7-13(8-10-25)22-17(26)14-5-3-4-6-15(14)18(19,20)21/h3-6,13H,7-10H2,1-2H3,(H,22,26)(H,23,24). The highest BCUT2D eigenvalue weighted by Gasteiger charge is 2.36. The lowest BCUT2D eigenvalue weighted by atomic mass is 10.0. The summed E-state index contributed by atoms with van der Waals surface area (Å²) >= 11 is 0. The first-order valence-corrected chi connectivity index (χ1v) is 10.4. The maximum absolute atomic E-state index is 13.1. The van der Waals surface area contributed by atoms with Gasteiger partial charge in [0.15, 0.2) is 0 Å². The maximum Gasteiger partial charge on any atom is 0.417 e. The van der Waals surface area contributed by atoms with E-state index >= 15 is 0 Å². The second-order valence-electron chi connectivity index (χ2n) is 6.96. The van der Waals surface area contributed by atoms with Crippen molar-refractivity contribution in [2.75, 3.05) is 13.1 Å². The number of benzene rings is 1. The van der Waals surface area contributed by atoms with Gasteiger partial charge in [0.1, 0.15) is 4.90 Å². The highest BCUT2D eigenvalue weighted by Crippen LogP contribution is 2.32. The van der Waals surface area contributed by atoms with Crippen molar-refractivity contribution in [2.24, 2.45) is 0 Å². The molecule has 1 aliphatic heterocycles. The molecular weight excluding hydrogens is 409 g/mol. The van der Waals surface area contributed by atoms with Crippen LogP contribution in [0.2, 0.25) is 0 Å². The molecule has 1 saturated heterocycles. The van der Waals surface area contributed by atoms with E-state index in [1.165, 1.54) is 16.4 Å². The summed E-state index contributed by atoms with van der Waals surface area (Å²) in [6, 6.07) is 4.17. The van der Waals surface area contributed by atoms with Crippen LogP contribution in [-0.4, -0.2) is 48.0 Å². The van der Waals surface area contributed by atoms with Gasteiger partial charge >= 0.3 is 6.18 Å². The number of aryl methyl sites for hydroxylation is 2. The van der Waals surface area contributed by atoms with Crippen LogP contribution >= 0.6 is 0 Å². The summed E-state index contributed by atoms with van der Waals surface area (Å²) in [6.45, 7) is 3.52. The number of aromatic amines is 1. The van der Waals surface area contributed by atoms with Crippen LogP contribution < -0.4 is 5.32 Å². The van der Waals surface area contributed by atoms with Crippen LogP contribution in [0, 0.1) is 13.8 Å². The summed E-state index contributed by atoms with van der Waals surface area (Å²) in [6.07, 6.45) is -4.03. The van der Waals surface area contributed by atoms with Crippen molar-refractivity contribution in [2.45, 2.75) is 43.8 Å². The summed E-state index contributed by atoms with van der Waals surface area (Å²) in [5, 5.41) is 9.16. The Morgan fingerprint density at radius 3 is 2.38 bits per heavy atom. The zero-order valence-electron chi connectivity index (χ0n) is 15.9. The second kappa shape index (κ2) is 7.79. The molecule has 1 aliphatic rings. The quantitative estimate of drug-likeness (QED) is 0.780. The molecule has 0 unspecified atom stereocenters. The minimum atomic E-state index is -4.63. The number of nitrogens with one attached hydrogen (secondary N) is 2. The van der Waals surface area contributed by atoms with Gasteiger partial charge in [-0.25, -0.2) is 8.42 Å². The molecule has 2 aromatic rings. The van der Waals surface area contributed by atoms with Crippen LogP contribution in [0.25, 0.3) is 0 Å². The number of hydrogen-bond donors (Lipinski definition) is 2. The van der Waals surface area contributed by atoms with E-state index in [-0.39, 0.29) is 18.0 Å². The van der Waals surface area contributed by atoms with Crippen molar-refractivity contribution in [3.05, 3.63) is 46.8 Å². The van der Waals surface area contributed by atoms with Crippen LogP contribution in [0.1, 0.15) is 40.2 Å². The molecule has 1 fully saturated rings. The molecule has 2 N–H and O–H groups in total. The molecule has 158 valence electrons. The number of carbonyl (C=O) groups excluding carboxylic acids is 1. The van der Waals surface area contributed by atoms with E-state index in [0.29, 0.717) is 24.2 Å². The summed E-state index contributed by atoms with van der Waals surface area (Å²) in [4.78, 5) is 12.5. The first-order chi connectivity index (χ1) is 13.5. The van der Waals surface area contributed by atoms with Crippen LogP contribution in [0.4, 0.5) is 13.2 Å². The van der Waals surface area contributed by atoms with Gasteiger partial charge in [0.25, 0.3) is 5.91 Å². The molecule has 0 atom stereocenters. The maximum atomic E-state index is 13.1. The van der Waals surface area contributed by atoms with Gasteiger partial charge in [0.05, 0.1) is 22.5 Å². The zero-order valence-corrected chi connectivity index (χ0v) is 16.7. The van der Waals surface area contributed by atoms with Gasteiger partial charge in [-0.05, 0) is 38.8 Å². The Morgan fingerprint density at radius 2 is 1.83 bits per heavy atom. The Bertz CT molecular complexity index is 990. The summed E-state index contributed by atoms with van der Waals surface area (Å²) in [5.41, 5.74) is -0.619. The summed E-state index contributed by atoms with van der Waals surface area (Å²) in [5.74, 6) is -0.819. The second-order valence-corrected chi connectivity index (χ2v) is 8.83. The molecule has 2 heterocycles. The third kappa shape index (κ3) is 4.30. The first-order valence-electron chi connectivity index (χ1n) is 9.00. The minimum Gasteiger partial charge on any atom is -0.349 e. The monoisotopic (exact) mass is 430 g/mol. The number of rotatable bonds is 4. The number of carbonyl (C=O) groups is 1. The molecule has 11 heteroatoms. The molecule has 29 heavy (non-hydrogen) atoms. The molecule has 0 radical (unpaired) electrons. The number of hydrogen-bond acceptors (Lipinski definition) is 4. The predicted molar refractivity (Wildman–Crippen MR) is 98.8 cm³/mol. The summed E-state index contributed by atoms with van der Waals surface area (Å²) < 4.78 is 66.3. The van der Waals surface area contributed by atoms with E-state index in [2.05, 4.69) is 15.5 Å². The number of H-pyrrole nitrogens is 1. The lowest BCUT2D eigenvalue weighted by Crippen LogP contribution is -2.46. The highest BCUT2D eigenvalue weighted by atomic mass is 32.2. The van der Waals surface area contributed by atoms with Crippen molar-refractivity contribution in [1.29, 1.82) is 0 Å². The largest absolute Gasteiger partial charge is 0.417 e. The lowest BCUT2D eigenvalue weighted by Gasteiger charge is -2.31. The Hall–Kier alpha value is -2.40. The molecule has 1 amide bonds. The number of nitrogens with zero attached hydrogens (tertiary/aromatic N) is 2. The third-order valence-electron chi connectivity index (χ3n) is 4.92. The Morgan fingerprint density at radius 1 is 1.21 bits per heavy atom. The SMILES string of the molecule is Cc1n[nH]c(C)c1S(=O)(=O)N1CCC(NC(=O)c2ccccc2C(F)(F)F)CC1. The molecule has 0 saturated carbocycles. The molecule has 0 spiro atoms. The first kappa shape index (κ1) is 21.3. The minimum absolute atomic E-state index is 0.138. The van der Waals surface area contributed by atoms with Gasteiger partial charge < -0.3 is 5.32 Å². The van der Waals surface area contributed by atoms with Crippen LogP contribution in [0.15, 0.2) is 29.2 Å². The van der Waals surface area contributed by atoms with E-state index in [1.807, 2.05) is 0 Å². The molecule has 0 bridgehead atoms. The van der Waals surface area contributed by atoms with Crippen molar-refractivity contribution < 1.29 is 26.4 Å². The van der Waals surface area contributed by atoms with Crippen molar-refractivity contribution in [3.63, 3.8) is 0 Å². The normalized spacial score (nSPS) is 16.7. The van der Waals surface area contributed by atoms with Crippen molar-refractivity contribution in [1.82, 2.24) is 19.8 Å². The van der Waals surface area contributed by atoms with Gasteiger partial charge in [-0.1, -0.05) is 12.1 Å². The van der Waals surface area contributed by atoms with Gasteiger partial charge in [-0.3, -0.25) is 9.89 Å². The van der Waals surface area contributed by atoms with Crippen LogP contribution in [0.5, 0.6) is 0 Å². The number of sulfonamides is 1. The number of halogens is 3. The molecular formula is C18H21F3N4O3S. The Balaban J connectivity index is 1.67. The van der Waals surface area contributed by atoms with Crippen molar-refractivity contribution in [3.8, 4) is 0 Å². The Kier molecular flexibility index (Phi) is 5.72. The van der Waals surface area contributed by atoms with Gasteiger partial charge in [-0.2, -0.15) is 22.6 Å². The number of piperidine rings is 1. The van der Waals surface area contributed by atoms with E-state index in [4.69, 9.17) is 0 Å². The molecule has 0 aliphatic carbocycles. The molecule has 1 aromatic heterocycles. The number of alkyl halides is 3. The van der Waals surface area contributed by atoms with Crippen LogP contribution in [0.3, 0.4) is 0 Å². The van der Waals surface area contributed by atoms with E-state index in [1.54, 1.807) is 13.8 Å². The van der Waals surface area contributed by atoms with Crippen LogP contribution in [-0.2, 0) is 16.2 Å². The number of aromatic nitrogens is 2. The Labute approximate surface area is 166 Å². The fraction of sp³-hybridized carbons (Fsp3) is 0.444. The van der Waals surface area contributed by atoms with Crippen molar-refractivity contribution >= 4 is 15.9 Å². The van der Waals surface area contributed by atoms with Gasteiger partial charge in [-0.15, -0.1) is 0 Å².